The lowest BCUT2D eigenvalue weighted by atomic mass is 10.2. The smallest absolute Gasteiger partial charge is 0.486 e. The zero-order valence-electron chi connectivity index (χ0n) is 24.6. The summed E-state index contributed by atoms with van der Waals surface area (Å²) in [5, 5.41) is 53.2. The van der Waals surface area contributed by atoms with Gasteiger partial charge in [0.25, 0.3) is 0 Å². The average molecular weight is 749 g/mol. The molecule has 266 valence electrons. The topological polar surface area (TPSA) is 346 Å². The van der Waals surface area contributed by atoms with Crippen molar-refractivity contribution >= 4 is 34.4 Å². The Labute approximate surface area is 272 Å². The van der Waals surface area contributed by atoms with Gasteiger partial charge >= 0.3 is 27.0 Å². The maximum Gasteiger partial charge on any atom is 0.486 e. The first-order valence-corrected chi connectivity index (χ1v) is 18.1. The minimum Gasteiger partial charge on any atom is -0.872 e. The van der Waals surface area contributed by atoms with E-state index in [4.69, 9.17) is 9.15 Å². The van der Waals surface area contributed by atoms with Crippen LogP contribution in [-0.2, 0) is 38.0 Å². The first-order valence-electron chi connectivity index (χ1n) is 13.6. The van der Waals surface area contributed by atoms with Gasteiger partial charge in [0.1, 0.15) is 17.9 Å². The van der Waals surface area contributed by atoms with E-state index in [0.29, 0.717) is 5.39 Å². The molecule has 0 aliphatic carbocycles. The molecule has 1 aromatic carbocycles. The maximum absolute atomic E-state index is 12.3. The Morgan fingerprint density at radius 1 is 1.12 bits per heavy atom. The van der Waals surface area contributed by atoms with Gasteiger partial charge in [-0.15, -0.1) is 10.8 Å². The van der Waals surface area contributed by atoms with E-state index < -0.39 is 78.3 Å². The highest BCUT2D eigenvalue weighted by molar-refractivity contribution is 7.67. The van der Waals surface area contributed by atoms with Crippen molar-refractivity contribution in [3.63, 3.8) is 0 Å². The van der Waals surface area contributed by atoms with Crippen LogP contribution in [0.4, 0.5) is 0 Å². The maximum atomic E-state index is 12.3. The molecule has 1 aliphatic heterocycles. The highest BCUT2D eigenvalue weighted by atomic mass is 31.3. The van der Waals surface area contributed by atoms with Crippen LogP contribution in [0.15, 0.2) is 50.7 Å². The lowest BCUT2D eigenvalue weighted by Crippen LogP contribution is -2.36. The number of fused-ring (bicyclic) bond motifs is 1. The summed E-state index contributed by atoms with van der Waals surface area (Å²) in [6.07, 6.45) is -5.66. The summed E-state index contributed by atoms with van der Waals surface area (Å²) in [4.78, 5) is 59.6. The van der Waals surface area contributed by atoms with Crippen LogP contribution in [0.3, 0.4) is 0 Å². The predicted molar refractivity (Wildman–Crippen MR) is 152 cm³/mol. The Balaban J connectivity index is 1.14. The molecule has 26 heteroatoms. The number of aryl methyl sites for hydroxylation is 1. The highest BCUT2D eigenvalue weighted by Crippen LogP contribution is 2.65. The number of aliphatic hydroxyl groups is 2. The number of hydrogen-bond acceptors (Lipinski definition) is 18. The monoisotopic (exact) mass is 749 g/mol. The van der Waals surface area contributed by atoms with E-state index in [9.17, 15) is 58.4 Å². The van der Waals surface area contributed by atoms with E-state index >= 15 is 0 Å². The minimum absolute atomic E-state index is 0.0393. The molecule has 49 heavy (non-hydrogen) atoms. The Hall–Kier alpha value is -3.66. The molecule has 4 heterocycles. The molecule has 5 rings (SSSR count). The van der Waals surface area contributed by atoms with Crippen LogP contribution >= 0.6 is 23.4 Å². The van der Waals surface area contributed by atoms with E-state index in [2.05, 4.69) is 28.4 Å². The van der Waals surface area contributed by atoms with Gasteiger partial charge in [0.05, 0.1) is 18.0 Å². The molecule has 4 unspecified atom stereocenters. The molecule has 7 atom stereocenters. The summed E-state index contributed by atoms with van der Waals surface area (Å²) < 4.78 is 61.4. The van der Waals surface area contributed by atoms with Crippen molar-refractivity contribution in [1.82, 2.24) is 29.6 Å². The van der Waals surface area contributed by atoms with Gasteiger partial charge in [0.2, 0.25) is 7.75 Å². The Morgan fingerprint density at radius 2 is 1.86 bits per heavy atom. The number of phosphoric ester groups is 1. The van der Waals surface area contributed by atoms with Crippen LogP contribution in [0.5, 0.6) is 11.6 Å². The van der Waals surface area contributed by atoms with E-state index in [1.54, 1.807) is 5.09 Å². The van der Waals surface area contributed by atoms with Gasteiger partial charge in [-0.25, -0.2) is 32.7 Å². The summed E-state index contributed by atoms with van der Waals surface area (Å²) >= 11 is 0. The van der Waals surface area contributed by atoms with Crippen molar-refractivity contribution in [3.05, 3.63) is 68.8 Å². The van der Waals surface area contributed by atoms with E-state index in [1.807, 2.05) is 0 Å². The summed E-state index contributed by atoms with van der Waals surface area (Å²) in [6, 6.07) is 5.20. The molecule has 5 N–H and O–H groups in total. The van der Waals surface area contributed by atoms with Gasteiger partial charge in [-0.2, -0.15) is 4.31 Å². The van der Waals surface area contributed by atoms with Crippen LogP contribution in [0.2, 0.25) is 0 Å². The third-order valence-electron chi connectivity index (χ3n) is 6.64. The fraction of sp³-hybridized carbons (Fsp3) is 0.348. The fourth-order valence-corrected chi connectivity index (χ4v) is 8.16. The summed E-state index contributed by atoms with van der Waals surface area (Å²) in [6.45, 7) is 0.810. The van der Waals surface area contributed by atoms with Crippen LogP contribution < -0.4 is 31.5 Å². The molecule has 1 saturated heterocycles. The molecule has 4 aromatic rings. The Morgan fingerprint density at radius 3 is 2.59 bits per heavy atom. The second-order valence-electron chi connectivity index (χ2n) is 10.3. The molecule has 0 amide bonds. The lowest BCUT2D eigenvalue weighted by molar-refractivity contribution is -0.276. The normalized spacial score (nSPS) is 22.4. The van der Waals surface area contributed by atoms with Crippen molar-refractivity contribution in [2.24, 2.45) is 0 Å². The molecule has 1 fully saturated rings. The minimum atomic E-state index is -5.96. The standard InChI is InChI=1S/C23H27N6O17P3/c1-11-9-28(23(35)25-20(11)32)18-8-16(31)19(43-18)22(34)44-48(38,39)46-49(40,41)45-47(36,37)24-5-4-13-10-29(27-26-13)15-6-12-2-3-14(30)7-17(12)42-21(15)33/h2-3,6-7,9-10,16,18-19,22,30-31,34H,4-5,8H2,1H3,(H,38,39)(H,40,41)(H2,24,36,37)(H,25,32,35)/p-3/t16-,18+,19-,22?/m0/s1. The quantitative estimate of drug-likeness (QED) is 0.0555. The van der Waals surface area contributed by atoms with Crippen LogP contribution in [0.25, 0.3) is 16.7 Å². The molecule has 23 nitrogen and oxygen atoms in total. The summed E-state index contributed by atoms with van der Waals surface area (Å²) in [5.74, 6) is -1.18. The largest absolute Gasteiger partial charge is 0.872 e. The first-order chi connectivity index (χ1) is 22.8. The third-order valence-corrected chi connectivity index (χ3v) is 11.1. The molecule has 3 aromatic heterocycles. The Kier molecular flexibility index (Phi) is 10.4. The van der Waals surface area contributed by atoms with E-state index in [-0.39, 0.29) is 34.7 Å². The van der Waals surface area contributed by atoms with Gasteiger partial charge < -0.3 is 44.3 Å². The zero-order valence-corrected chi connectivity index (χ0v) is 27.3. The zero-order chi connectivity index (χ0) is 35.9. The summed E-state index contributed by atoms with van der Waals surface area (Å²) in [5.41, 5.74) is -1.79. The van der Waals surface area contributed by atoms with Gasteiger partial charge in [0.15, 0.2) is 12.0 Å². The average Bonchev–Trinajstić information content (AvgIpc) is 3.59. The van der Waals surface area contributed by atoms with Crippen LogP contribution in [0.1, 0.15) is 23.9 Å². The van der Waals surface area contributed by atoms with Gasteiger partial charge in [0, 0.05) is 31.0 Å². The predicted octanol–water partition coefficient (Wildman–Crippen LogP) is -2.10. The van der Waals surface area contributed by atoms with Gasteiger partial charge in [-0.1, -0.05) is 17.3 Å². The number of aromatic nitrogens is 5. The first kappa shape index (κ1) is 36.6. The number of benzene rings is 1. The van der Waals surface area contributed by atoms with Gasteiger partial charge in [-0.05, 0) is 30.5 Å². The lowest BCUT2D eigenvalue weighted by Gasteiger charge is -2.27. The third kappa shape index (κ3) is 8.93. The van der Waals surface area contributed by atoms with Crippen molar-refractivity contribution in [1.29, 1.82) is 0 Å². The van der Waals surface area contributed by atoms with Crippen molar-refractivity contribution in [2.75, 3.05) is 6.54 Å². The number of rotatable bonds is 13. The second-order valence-corrected chi connectivity index (χ2v) is 15.0. The number of nitrogens with zero attached hydrogens (tertiary/aromatic N) is 5. The molecule has 0 saturated carbocycles. The summed E-state index contributed by atoms with van der Waals surface area (Å²) in [7, 11) is -17.3. The Bertz CT molecular complexity index is 2140. The van der Waals surface area contributed by atoms with Crippen molar-refractivity contribution in [3.8, 4) is 17.3 Å². The number of phosphoric acid groups is 2. The molecular weight excluding hydrogens is 725 g/mol. The van der Waals surface area contributed by atoms with E-state index in [0.717, 1.165) is 21.5 Å². The number of aliphatic hydroxyl groups excluding tert-OH is 2. The molecular formula is C23H24N6O17P3-3. The second kappa shape index (κ2) is 13.9. The molecule has 0 radical (unpaired) electrons. The van der Waals surface area contributed by atoms with Crippen molar-refractivity contribution in [2.45, 2.75) is 44.5 Å². The number of hydrogen-bond donors (Lipinski definition) is 5. The SMILES string of the molecule is Cc1cn([C@H]2C[C@H](O)[C@@H](C(O)OP(=O)(O)OP(=O)(O)OP(=O)([O-])NCCc3cn(-c4cc5ccc([O-])cc5oc4=O)nn3)O2)c(=O)nc1[O-]. The molecule has 0 bridgehead atoms. The molecule has 1 aliphatic rings. The molecule has 0 spiro atoms. The van der Waals surface area contributed by atoms with Gasteiger partial charge in [-0.3, -0.25) is 18.7 Å². The fourth-order valence-electron chi connectivity index (χ4n) is 4.48. The van der Waals surface area contributed by atoms with E-state index in [1.165, 1.54) is 31.3 Å². The number of ether oxygens (including phenoxy) is 1. The van der Waals surface area contributed by atoms with Crippen LogP contribution in [0, 0.1) is 6.92 Å². The number of nitrogens with one attached hydrogen (secondary N) is 1. The van der Waals surface area contributed by atoms with Crippen molar-refractivity contribution < 1.29 is 71.1 Å². The highest BCUT2D eigenvalue weighted by Gasteiger charge is 2.46. The van der Waals surface area contributed by atoms with Crippen LogP contribution in [-0.4, -0.2) is 69.6 Å².